The molecule has 0 aliphatic rings. The number of aromatic nitrogens is 2. The van der Waals surface area contributed by atoms with Crippen molar-refractivity contribution >= 4 is 11.9 Å². The highest BCUT2D eigenvalue weighted by Gasteiger charge is 2.16. The van der Waals surface area contributed by atoms with Crippen LogP contribution in [-0.4, -0.2) is 38.9 Å². The molecule has 2 heterocycles. The molecule has 0 fully saturated rings. The van der Waals surface area contributed by atoms with Crippen molar-refractivity contribution in [3.8, 4) is 0 Å². The molecule has 2 aromatic rings. The largest absolute Gasteiger partial charge is 0.475 e. The minimum absolute atomic E-state index is 0.146. The zero-order valence-corrected chi connectivity index (χ0v) is 9.58. The zero-order chi connectivity index (χ0) is 13.1. The molecule has 2 aromatic heterocycles. The van der Waals surface area contributed by atoms with Crippen molar-refractivity contribution in [2.75, 3.05) is 7.05 Å². The molecule has 0 spiro atoms. The molecule has 0 unspecified atom stereocenters. The van der Waals surface area contributed by atoms with E-state index in [1.165, 1.54) is 29.6 Å². The maximum Gasteiger partial charge on any atom is 0.371 e. The van der Waals surface area contributed by atoms with Crippen molar-refractivity contribution in [3.63, 3.8) is 0 Å². The Kier molecular flexibility index (Phi) is 3.13. The molecule has 18 heavy (non-hydrogen) atoms. The van der Waals surface area contributed by atoms with Gasteiger partial charge in [-0.1, -0.05) is 0 Å². The highest BCUT2D eigenvalue weighted by atomic mass is 16.4. The van der Waals surface area contributed by atoms with E-state index in [4.69, 9.17) is 9.52 Å². The van der Waals surface area contributed by atoms with Crippen LogP contribution in [0.15, 0.2) is 29.1 Å². The lowest BCUT2D eigenvalue weighted by atomic mass is 10.3. The summed E-state index contributed by atoms with van der Waals surface area (Å²) in [4.78, 5) is 30.3. The Morgan fingerprint density at radius 3 is 2.83 bits per heavy atom. The third-order valence-electron chi connectivity index (χ3n) is 2.34. The molecule has 2 N–H and O–H groups in total. The third kappa shape index (κ3) is 2.40. The van der Waals surface area contributed by atoms with Crippen molar-refractivity contribution in [3.05, 3.63) is 41.9 Å². The molecule has 94 valence electrons. The van der Waals surface area contributed by atoms with Crippen LogP contribution in [0.25, 0.3) is 0 Å². The molecule has 0 aliphatic carbocycles. The summed E-state index contributed by atoms with van der Waals surface area (Å²) in [5.74, 6) is -1.13. The van der Waals surface area contributed by atoms with Crippen molar-refractivity contribution in [2.45, 2.75) is 6.54 Å². The molecule has 0 saturated carbocycles. The summed E-state index contributed by atoms with van der Waals surface area (Å²) in [6.45, 7) is 0.186. The first kappa shape index (κ1) is 11.9. The van der Waals surface area contributed by atoms with Crippen LogP contribution in [0.5, 0.6) is 0 Å². The maximum absolute atomic E-state index is 11.8. The van der Waals surface area contributed by atoms with Crippen molar-refractivity contribution in [1.29, 1.82) is 0 Å². The van der Waals surface area contributed by atoms with Gasteiger partial charge in [-0.2, -0.15) is 0 Å². The number of amides is 1. The molecular formula is C11H11N3O4. The van der Waals surface area contributed by atoms with Gasteiger partial charge in [-0.3, -0.25) is 4.79 Å². The Balaban J connectivity index is 2.04. The zero-order valence-electron chi connectivity index (χ0n) is 9.58. The van der Waals surface area contributed by atoms with E-state index < -0.39 is 5.97 Å². The van der Waals surface area contributed by atoms with Gasteiger partial charge in [0.05, 0.1) is 19.1 Å². The number of imidazole rings is 1. The van der Waals surface area contributed by atoms with Crippen molar-refractivity contribution in [2.24, 2.45) is 0 Å². The lowest BCUT2D eigenvalue weighted by Crippen LogP contribution is -2.26. The molecule has 7 heteroatoms. The van der Waals surface area contributed by atoms with Gasteiger partial charge in [-0.25, -0.2) is 9.78 Å². The van der Waals surface area contributed by atoms with Crippen LogP contribution in [0, 0.1) is 0 Å². The quantitative estimate of drug-likeness (QED) is 0.841. The molecule has 0 aliphatic heterocycles. The molecule has 0 atom stereocenters. The van der Waals surface area contributed by atoms with E-state index in [2.05, 4.69) is 9.97 Å². The second kappa shape index (κ2) is 4.74. The summed E-state index contributed by atoms with van der Waals surface area (Å²) in [6.07, 6.45) is 2.83. The summed E-state index contributed by atoms with van der Waals surface area (Å²) < 4.78 is 5.06. The summed E-state index contributed by atoms with van der Waals surface area (Å²) in [6, 6.07) is 2.88. The number of aromatic amines is 1. The van der Waals surface area contributed by atoms with Gasteiger partial charge in [0.1, 0.15) is 11.5 Å². The number of nitrogens with one attached hydrogen (secondary N) is 1. The maximum atomic E-state index is 11.8. The van der Waals surface area contributed by atoms with Gasteiger partial charge in [-0.15, -0.1) is 0 Å². The number of furan rings is 1. The van der Waals surface area contributed by atoms with Gasteiger partial charge < -0.3 is 19.4 Å². The number of carbonyl (C=O) groups is 2. The second-order valence-corrected chi connectivity index (χ2v) is 3.70. The lowest BCUT2D eigenvalue weighted by molar-refractivity contribution is 0.0658. The summed E-state index contributed by atoms with van der Waals surface area (Å²) in [7, 11) is 1.59. The first-order valence-electron chi connectivity index (χ1n) is 5.14. The Morgan fingerprint density at radius 1 is 1.50 bits per heavy atom. The number of nitrogens with zero attached hydrogens (tertiary/aromatic N) is 2. The fourth-order valence-electron chi connectivity index (χ4n) is 1.46. The highest BCUT2D eigenvalue weighted by Crippen LogP contribution is 2.11. The van der Waals surface area contributed by atoms with Crippen LogP contribution in [0.4, 0.5) is 0 Å². The van der Waals surface area contributed by atoms with Gasteiger partial charge in [0, 0.05) is 7.05 Å². The Hall–Kier alpha value is -2.57. The molecular weight excluding hydrogens is 238 g/mol. The van der Waals surface area contributed by atoms with Crippen molar-refractivity contribution < 1.29 is 19.1 Å². The number of hydrogen-bond donors (Lipinski definition) is 2. The standard InChI is InChI=1S/C11H11N3O4/c1-14(10(15)8-4-12-6-13-8)5-7-2-3-9(18-7)11(16)17/h2-4,6H,5H2,1H3,(H,12,13)(H,16,17). The molecule has 0 bridgehead atoms. The number of aromatic carboxylic acids is 1. The average molecular weight is 249 g/mol. The van der Waals surface area contributed by atoms with Gasteiger partial charge in [0.2, 0.25) is 5.76 Å². The van der Waals surface area contributed by atoms with Crippen LogP contribution in [-0.2, 0) is 6.54 Å². The number of carbonyl (C=O) groups excluding carboxylic acids is 1. The number of rotatable bonds is 4. The fraction of sp³-hybridized carbons (Fsp3) is 0.182. The summed E-state index contributed by atoms with van der Waals surface area (Å²) in [5.41, 5.74) is 0.363. The molecule has 0 radical (unpaired) electrons. The molecule has 7 nitrogen and oxygen atoms in total. The van der Waals surface area contributed by atoms with E-state index in [9.17, 15) is 9.59 Å². The topological polar surface area (TPSA) is 99.4 Å². The predicted octanol–water partition coefficient (Wildman–Crippen LogP) is 0.973. The van der Waals surface area contributed by atoms with Gasteiger partial charge in [-0.05, 0) is 12.1 Å². The normalized spacial score (nSPS) is 10.3. The molecule has 2 rings (SSSR count). The van der Waals surface area contributed by atoms with Crippen LogP contribution >= 0.6 is 0 Å². The SMILES string of the molecule is CN(Cc1ccc(C(=O)O)o1)C(=O)c1cnc[nH]1. The van der Waals surface area contributed by atoms with Gasteiger partial charge in [0.15, 0.2) is 0 Å². The van der Waals surface area contributed by atoms with E-state index in [0.717, 1.165) is 0 Å². The van der Waals surface area contributed by atoms with Crippen LogP contribution in [0.3, 0.4) is 0 Å². The monoisotopic (exact) mass is 249 g/mol. The molecule has 0 saturated heterocycles. The Bertz CT molecular complexity index is 559. The van der Waals surface area contributed by atoms with Crippen molar-refractivity contribution in [1.82, 2.24) is 14.9 Å². The Morgan fingerprint density at radius 2 is 2.28 bits per heavy atom. The molecule has 0 aromatic carbocycles. The number of carboxylic acids is 1. The Labute approximate surface area is 102 Å². The first-order valence-corrected chi connectivity index (χ1v) is 5.14. The average Bonchev–Trinajstić information content (AvgIpc) is 2.98. The number of carboxylic acid groups (broad SMARTS) is 1. The number of hydrogen-bond acceptors (Lipinski definition) is 4. The smallest absolute Gasteiger partial charge is 0.371 e. The van der Waals surface area contributed by atoms with Crippen LogP contribution in [0.2, 0.25) is 0 Å². The van der Waals surface area contributed by atoms with Crippen LogP contribution in [0.1, 0.15) is 26.8 Å². The molecule has 1 amide bonds. The summed E-state index contributed by atoms with van der Waals surface area (Å²) >= 11 is 0. The minimum Gasteiger partial charge on any atom is -0.475 e. The number of H-pyrrole nitrogens is 1. The van der Waals surface area contributed by atoms with E-state index in [-0.39, 0.29) is 18.2 Å². The van der Waals surface area contributed by atoms with E-state index in [1.807, 2.05) is 0 Å². The predicted molar refractivity (Wildman–Crippen MR) is 60.1 cm³/mol. The highest BCUT2D eigenvalue weighted by molar-refractivity contribution is 5.91. The second-order valence-electron chi connectivity index (χ2n) is 3.70. The lowest BCUT2D eigenvalue weighted by Gasteiger charge is -2.14. The summed E-state index contributed by atoms with van der Waals surface area (Å²) in [5, 5.41) is 8.70. The van der Waals surface area contributed by atoms with E-state index >= 15 is 0 Å². The van der Waals surface area contributed by atoms with E-state index in [1.54, 1.807) is 7.05 Å². The van der Waals surface area contributed by atoms with Gasteiger partial charge in [0.25, 0.3) is 5.91 Å². The third-order valence-corrected chi connectivity index (χ3v) is 2.34. The van der Waals surface area contributed by atoms with Crippen LogP contribution < -0.4 is 0 Å². The van der Waals surface area contributed by atoms with Gasteiger partial charge >= 0.3 is 5.97 Å². The fourth-order valence-corrected chi connectivity index (χ4v) is 1.46. The first-order chi connectivity index (χ1) is 8.58. The van der Waals surface area contributed by atoms with E-state index in [0.29, 0.717) is 11.5 Å². The minimum atomic E-state index is -1.14.